The molecule has 0 unspecified atom stereocenters. The second kappa shape index (κ2) is 8.59. The van der Waals surface area contributed by atoms with Gasteiger partial charge in [0.25, 0.3) is 0 Å². The summed E-state index contributed by atoms with van der Waals surface area (Å²) in [6, 6.07) is 0.257. The third-order valence-corrected chi connectivity index (χ3v) is 4.99. The quantitative estimate of drug-likeness (QED) is 0.837. The van der Waals surface area contributed by atoms with Gasteiger partial charge in [0, 0.05) is 39.6 Å². The minimum Gasteiger partial charge on any atom is -0.343 e. The third kappa shape index (κ3) is 4.33. The van der Waals surface area contributed by atoms with Crippen LogP contribution in [-0.4, -0.2) is 54.3 Å². The Bertz CT molecular complexity index is 343. The van der Waals surface area contributed by atoms with Crippen molar-refractivity contribution in [3.05, 3.63) is 0 Å². The highest BCUT2D eigenvalue weighted by atomic mass is 35.5. The molecule has 0 spiro atoms. The third-order valence-electron chi connectivity index (χ3n) is 4.99. The molecule has 124 valence electrons. The van der Waals surface area contributed by atoms with Crippen molar-refractivity contribution in [1.29, 1.82) is 0 Å². The van der Waals surface area contributed by atoms with Crippen molar-refractivity contribution in [2.45, 2.75) is 52.5 Å². The lowest BCUT2D eigenvalue weighted by atomic mass is 9.80. The maximum atomic E-state index is 12.7. The smallest absolute Gasteiger partial charge is 0.230 e. The summed E-state index contributed by atoms with van der Waals surface area (Å²) in [5.41, 5.74) is 5.45. The summed E-state index contributed by atoms with van der Waals surface area (Å²) < 4.78 is 0. The first-order valence-electron chi connectivity index (χ1n) is 7.64. The van der Waals surface area contributed by atoms with E-state index in [1.165, 1.54) is 0 Å². The van der Waals surface area contributed by atoms with Crippen LogP contribution in [0, 0.1) is 5.41 Å². The van der Waals surface area contributed by atoms with Crippen LogP contribution in [0.4, 0.5) is 0 Å². The van der Waals surface area contributed by atoms with E-state index in [1.54, 1.807) is 11.8 Å². The van der Waals surface area contributed by atoms with E-state index >= 15 is 0 Å². The second-order valence-electron chi connectivity index (χ2n) is 5.84. The predicted octanol–water partition coefficient (Wildman–Crippen LogP) is 1.64. The molecule has 6 heteroatoms. The van der Waals surface area contributed by atoms with Crippen molar-refractivity contribution in [3.63, 3.8) is 0 Å². The Morgan fingerprint density at radius 1 is 1.24 bits per heavy atom. The zero-order valence-corrected chi connectivity index (χ0v) is 14.5. The molecule has 0 aromatic heterocycles. The Morgan fingerprint density at radius 2 is 1.71 bits per heavy atom. The minimum absolute atomic E-state index is 0. The van der Waals surface area contributed by atoms with Crippen LogP contribution < -0.4 is 5.73 Å². The highest BCUT2D eigenvalue weighted by Crippen LogP contribution is 2.29. The van der Waals surface area contributed by atoms with Gasteiger partial charge in [0.05, 0.1) is 5.41 Å². The van der Waals surface area contributed by atoms with Gasteiger partial charge in [-0.2, -0.15) is 0 Å². The lowest BCUT2D eigenvalue weighted by molar-refractivity contribution is -0.144. The predicted molar refractivity (Wildman–Crippen MR) is 87.4 cm³/mol. The van der Waals surface area contributed by atoms with Gasteiger partial charge in [-0.15, -0.1) is 12.4 Å². The molecule has 2 N–H and O–H groups in total. The fraction of sp³-hybridized carbons (Fsp3) is 0.867. The number of carbonyl (C=O) groups excluding carboxylic acids is 2. The van der Waals surface area contributed by atoms with Gasteiger partial charge in [0.1, 0.15) is 0 Å². The molecule has 0 atom stereocenters. The molecule has 1 heterocycles. The molecule has 21 heavy (non-hydrogen) atoms. The van der Waals surface area contributed by atoms with Crippen LogP contribution in [0.3, 0.4) is 0 Å². The summed E-state index contributed by atoms with van der Waals surface area (Å²) >= 11 is 0. The van der Waals surface area contributed by atoms with Gasteiger partial charge in [0.15, 0.2) is 0 Å². The number of hydrogen-bond donors (Lipinski definition) is 1. The average molecular weight is 320 g/mol. The molecule has 0 aromatic carbocycles. The molecule has 0 saturated carbocycles. The van der Waals surface area contributed by atoms with Gasteiger partial charge in [-0.05, 0) is 25.7 Å². The van der Waals surface area contributed by atoms with E-state index in [1.807, 2.05) is 25.8 Å². The van der Waals surface area contributed by atoms with Crippen LogP contribution in [-0.2, 0) is 9.59 Å². The summed E-state index contributed by atoms with van der Waals surface area (Å²) in [5.74, 6) is 0.280. The molecule has 1 aliphatic rings. The Labute approximate surface area is 134 Å². The van der Waals surface area contributed by atoms with E-state index in [4.69, 9.17) is 5.73 Å². The van der Waals surface area contributed by atoms with E-state index in [0.29, 0.717) is 6.54 Å². The summed E-state index contributed by atoms with van der Waals surface area (Å²) in [7, 11) is 1.84. The molecule has 0 aliphatic carbocycles. The molecule has 0 radical (unpaired) electrons. The Kier molecular flexibility index (Phi) is 8.26. The van der Waals surface area contributed by atoms with Crippen LogP contribution in [0.5, 0.6) is 0 Å². The van der Waals surface area contributed by atoms with Crippen LogP contribution in [0.2, 0.25) is 0 Å². The maximum absolute atomic E-state index is 12.7. The fourth-order valence-corrected chi connectivity index (χ4v) is 2.98. The molecule has 1 rings (SSSR count). The summed E-state index contributed by atoms with van der Waals surface area (Å²) in [5, 5.41) is 0. The molecule has 0 bridgehead atoms. The lowest BCUT2D eigenvalue weighted by Gasteiger charge is -2.41. The van der Waals surface area contributed by atoms with Crippen LogP contribution in [0.25, 0.3) is 0 Å². The average Bonchev–Trinajstić information content (AvgIpc) is 2.48. The Balaban J connectivity index is 0.00000400. The van der Waals surface area contributed by atoms with Gasteiger partial charge >= 0.3 is 0 Å². The number of halogens is 1. The van der Waals surface area contributed by atoms with Crippen LogP contribution in [0.15, 0.2) is 0 Å². The van der Waals surface area contributed by atoms with E-state index in [0.717, 1.165) is 38.8 Å². The van der Waals surface area contributed by atoms with Crippen molar-refractivity contribution in [2.75, 3.05) is 26.7 Å². The van der Waals surface area contributed by atoms with Gasteiger partial charge in [-0.1, -0.05) is 13.8 Å². The van der Waals surface area contributed by atoms with Crippen molar-refractivity contribution in [2.24, 2.45) is 11.1 Å². The largest absolute Gasteiger partial charge is 0.343 e. The molecule has 5 nitrogen and oxygen atoms in total. The first kappa shape index (κ1) is 20.2. The number of nitrogens with zero attached hydrogens (tertiary/aromatic N) is 2. The Hall–Kier alpha value is -0.810. The van der Waals surface area contributed by atoms with Crippen molar-refractivity contribution in [1.82, 2.24) is 9.80 Å². The van der Waals surface area contributed by atoms with Crippen molar-refractivity contribution >= 4 is 24.2 Å². The molecular formula is C15H30ClN3O2. The van der Waals surface area contributed by atoms with Crippen molar-refractivity contribution in [3.8, 4) is 0 Å². The number of piperidine rings is 1. The standard InChI is InChI=1S/C15H29N3O2.ClH/c1-5-15(6-2,11-16)14(20)18-9-7-13(8-10-18)17(4)12(3)19;/h13H,5-11,16H2,1-4H3;1H. The normalized spacial score (nSPS) is 16.3. The topological polar surface area (TPSA) is 66.6 Å². The molecule has 0 aromatic rings. The highest BCUT2D eigenvalue weighted by Gasteiger charge is 2.38. The fourth-order valence-electron chi connectivity index (χ4n) is 2.98. The molecule has 1 saturated heterocycles. The highest BCUT2D eigenvalue weighted by molar-refractivity contribution is 5.85. The number of rotatable bonds is 5. The number of hydrogen-bond acceptors (Lipinski definition) is 3. The monoisotopic (exact) mass is 319 g/mol. The van der Waals surface area contributed by atoms with Crippen molar-refractivity contribution < 1.29 is 9.59 Å². The lowest BCUT2D eigenvalue weighted by Crippen LogP contribution is -2.52. The zero-order chi connectivity index (χ0) is 15.3. The first-order chi connectivity index (χ1) is 9.41. The van der Waals surface area contributed by atoms with Crippen LogP contribution in [0.1, 0.15) is 46.5 Å². The molecular weight excluding hydrogens is 290 g/mol. The first-order valence-corrected chi connectivity index (χ1v) is 7.64. The minimum atomic E-state index is -0.403. The van der Waals surface area contributed by atoms with E-state index in [9.17, 15) is 9.59 Å². The van der Waals surface area contributed by atoms with E-state index in [-0.39, 0.29) is 30.3 Å². The number of amides is 2. The van der Waals surface area contributed by atoms with E-state index < -0.39 is 5.41 Å². The summed E-state index contributed by atoms with van der Waals surface area (Å²) in [4.78, 5) is 27.8. The van der Waals surface area contributed by atoms with E-state index in [2.05, 4.69) is 0 Å². The summed E-state index contributed by atoms with van der Waals surface area (Å²) in [6.45, 7) is 7.51. The Morgan fingerprint density at radius 3 is 2.05 bits per heavy atom. The number of carbonyl (C=O) groups is 2. The molecule has 2 amide bonds. The van der Waals surface area contributed by atoms with Gasteiger partial charge in [0.2, 0.25) is 11.8 Å². The molecule has 1 fully saturated rings. The maximum Gasteiger partial charge on any atom is 0.230 e. The number of likely N-dealkylation sites (tertiary alicyclic amines) is 1. The van der Waals surface area contributed by atoms with Gasteiger partial charge in [-0.3, -0.25) is 9.59 Å². The van der Waals surface area contributed by atoms with Crippen LogP contribution >= 0.6 is 12.4 Å². The van der Waals surface area contributed by atoms with Gasteiger partial charge < -0.3 is 15.5 Å². The zero-order valence-electron chi connectivity index (χ0n) is 13.7. The molecule has 1 aliphatic heterocycles. The SMILES string of the molecule is CCC(CC)(CN)C(=O)N1CCC(N(C)C(C)=O)CC1.Cl. The van der Waals surface area contributed by atoms with Gasteiger partial charge in [-0.25, -0.2) is 0 Å². The summed E-state index contributed by atoms with van der Waals surface area (Å²) in [6.07, 6.45) is 3.28. The second-order valence-corrected chi connectivity index (χ2v) is 5.84. The number of nitrogens with two attached hydrogens (primary N) is 1.